The Labute approximate surface area is 272 Å². The van der Waals surface area contributed by atoms with E-state index in [1.807, 2.05) is 0 Å². The lowest BCUT2D eigenvalue weighted by molar-refractivity contribution is 1.29. The number of fused-ring (bicyclic) bond motifs is 12. The third kappa shape index (κ3) is 3.60. The highest BCUT2D eigenvalue weighted by Crippen LogP contribution is 2.52. The summed E-state index contributed by atoms with van der Waals surface area (Å²) in [5, 5.41) is 10.2. The van der Waals surface area contributed by atoms with E-state index in [4.69, 9.17) is 0 Å². The van der Waals surface area contributed by atoms with E-state index >= 15 is 0 Å². The van der Waals surface area contributed by atoms with E-state index < -0.39 is 0 Å². The van der Waals surface area contributed by atoms with Crippen molar-refractivity contribution < 1.29 is 0 Å². The summed E-state index contributed by atoms with van der Waals surface area (Å²) < 4.78 is 0. The molecule has 9 aromatic carbocycles. The van der Waals surface area contributed by atoms with Gasteiger partial charge in [-0.25, -0.2) is 0 Å². The Morgan fingerprint density at radius 2 is 0.511 bits per heavy atom. The Kier molecular flexibility index (Phi) is 4.90. The smallest absolute Gasteiger partial charge is 0.0468 e. The molecule has 47 heavy (non-hydrogen) atoms. The number of nitrogens with zero attached hydrogens (tertiary/aromatic N) is 1. The second kappa shape index (κ2) is 9.19. The van der Waals surface area contributed by atoms with Crippen LogP contribution in [0.25, 0.3) is 87.6 Å². The molecule has 0 heterocycles. The van der Waals surface area contributed by atoms with Crippen LogP contribution < -0.4 is 4.90 Å². The summed E-state index contributed by atoms with van der Waals surface area (Å²) in [4.78, 5) is 2.39. The summed E-state index contributed by atoms with van der Waals surface area (Å²) in [6.45, 7) is 0. The van der Waals surface area contributed by atoms with Crippen LogP contribution in [0.5, 0.6) is 0 Å². The summed E-state index contributed by atoms with van der Waals surface area (Å²) in [7, 11) is 0. The molecule has 0 saturated carbocycles. The van der Waals surface area contributed by atoms with Crippen LogP contribution in [0.1, 0.15) is 0 Å². The van der Waals surface area contributed by atoms with E-state index in [-0.39, 0.29) is 0 Å². The van der Waals surface area contributed by atoms with Gasteiger partial charge in [0.25, 0.3) is 0 Å². The molecule has 0 N–H and O–H groups in total. The highest BCUT2D eigenvalue weighted by molar-refractivity contribution is 6.13. The molecule has 0 radical (unpaired) electrons. The van der Waals surface area contributed by atoms with Gasteiger partial charge in [0.15, 0.2) is 0 Å². The average molecular weight is 594 g/mol. The standard InChI is InChI=1S/C46H27N/c1-2-12-36(13-3-1)47(37-16-14-32-24-43-39-20-28-8-4-6-10-30(28)22-41(39)45(43)26-34(32)18-37)38-17-15-33-25-44-40-21-29-9-5-7-11-31(29)23-42(40)46(44)27-35(33)19-38/h1-27H. The van der Waals surface area contributed by atoms with Gasteiger partial charge in [0.1, 0.15) is 0 Å². The summed E-state index contributed by atoms with van der Waals surface area (Å²) >= 11 is 0. The van der Waals surface area contributed by atoms with Crippen molar-refractivity contribution in [1.82, 2.24) is 0 Å². The molecule has 216 valence electrons. The summed E-state index contributed by atoms with van der Waals surface area (Å²) in [6.07, 6.45) is 0. The van der Waals surface area contributed by atoms with Crippen LogP contribution in [0.2, 0.25) is 0 Å². The molecule has 0 amide bonds. The van der Waals surface area contributed by atoms with Crippen LogP contribution >= 0.6 is 0 Å². The Bertz CT molecular complexity index is 2620. The van der Waals surface area contributed by atoms with Crippen molar-refractivity contribution >= 4 is 60.2 Å². The molecule has 9 aromatic rings. The van der Waals surface area contributed by atoms with Crippen molar-refractivity contribution in [3.63, 3.8) is 0 Å². The lowest BCUT2D eigenvalue weighted by Gasteiger charge is -2.28. The minimum absolute atomic E-state index is 1.15. The first kappa shape index (κ1) is 25.1. The quantitative estimate of drug-likeness (QED) is 0.197. The molecule has 0 bridgehead atoms. The van der Waals surface area contributed by atoms with Crippen molar-refractivity contribution in [3.8, 4) is 44.5 Å². The summed E-state index contributed by atoms with van der Waals surface area (Å²) in [5.41, 5.74) is 14.3. The molecule has 1 nitrogen and oxygen atoms in total. The van der Waals surface area contributed by atoms with Crippen LogP contribution in [0.3, 0.4) is 0 Å². The molecule has 2 aliphatic rings. The molecule has 0 fully saturated rings. The zero-order chi connectivity index (χ0) is 30.6. The predicted octanol–water partition coefficient (Wildman–Crippen LogP) is 13.1. The topological polar surface area (TPSA) is 3.24 Å². The van der Waals surface area contributed by atoms with E-state index in [2.05, 4.69) is 169 Å². The first-order valence-electron chi connectivity index (χ1n) is 16.3. The van der Waals surface area contributed by atoms with Crippen molar-refractivity contribution in [2.75, 3.05) is 4.90 Å². The fourth-order valence-electron chi connectivity index (χ4n) is 8.01. The molecule has 0 aliphatic heterocycles. The fourth-order valence-corrected chi connectivity index (χ4v) is 8.01. The minimum Gasteiger partial charge on any atom is -0.310 e. The van der Waals surface area contributed by atoms with Crippen LogP contribution in [0, 0.1) is 0 Å². The summed E-state index contributed by atoms with van der Waals surface area (Å²) in [5.74, 6) is 0. The van der Waals surface area contributed by atoms with E-state index in [0.29, 0.717) is 0 Å². The number of hydrogen-bond donors (Lipinski definition) is 0. The molecular formula is C46H27N. The van der Waals surface area contributed by atoms with Crippen LogP contribution in [0.4, 0.5) is 17.1 Å². The molecule has 0 unspecified atom stereocenters. The van der Waals surface area contributed by atoms with Gasteiger partial charge in [0, 0.05) is 17.1 Å². The van der Waals surface area contributed by atoms with Gasteiger partial charge in [-0.05, 0) is 173 Å². The van der Waals surface area contributed by atoms with Gasteiger partial charge >= 0.3 is 0 Å². The van der Waals surface area contributed by atoms with Gasteiger partial charge in [-0.15, -0.1) is 0 Å². The normalized spacial score (nSPS) is 12.3. The average Bonchev–Trinajstić information content (AvgIpc) is 3.12. The van der Waals surface area contributed by atoms with Gasteiger partial charge in [-0.3, -0.25) is 0 Å². The van der Waals surface area contributed by atoms with E-state index in [0.717, 1.165) is 17.1 Å². The van der Waals surface area contributed by atoms with Crippen LogP contribution in [0.15, 0.2) is 164 Å². The fraction of sp³-hybridized carbons (Fsp3) is 0. The highest BCUT2D eigenvalue weighted by atomic mass is 15.1. The number of anilines is 3. The SMILES string of the molecule is c1ccc(N(c2ccc3cc4c(cc3c2)-c2cc3ccccc3cc2-4)c2ccc3cc4c(cc3c2)-c2cc3ccccc3cc2-4)cc1. The maximum absolute atomic E-state index is 2.39. The van der Waals surface area contributed by atoms with Gasteiger partial charge in [-0.1, -0.05) is 78.9 Å². The largest absolute Gasteiger partial charge is 0.310 e. The van der Waals surface area contributed by atoms with Gasteiger partial charge < -0.3 is 4.90 Å². The predicted molar refractivity (Wildman–Crippen MR) is 200 cm³/mol. The zero-order valence-corrected chi connectivity index (χ0v) is 25.5. The minimum atomic E-state index is 1.15. The lowest BCUT2D eigenvalue weighted by Crippen LogP contribution is -2.10. The number of rotatable bonds is 3. The molecule has 2 aliphatic carbocycles. The molecular weight excluding hydrogens is 567 g/mol. The van der Waals surface area contributed by atoms with E-state index in [9.17, 15) is 0 Å². The highest BCUT2D eigenvalue weighted by Gasteiger charge is 2.25. The Morgan fingerprint density at radius 3 is 0.872 bits per heavy atom. The van der Waals surface area contributed by atoms with E-state index in [1.54, 1.807) is 0 Å². The van der Waals surface area contributed by atoms with Crippen LogP contribution in [-0.4, -0.2) is 0 Å². The number of para-hydroxylation sites is 1. The summed E-state index contributed by atoms with van der Waals surface area (Å²) in [6, 6.07) is 60.8. The number of benzene rings is 9. The zero-order valence-electron chi connectivity index (χ0n) is 25.5. The Balaban J connectivity index is 1.03. The molecule has 0 spiro atoms. The van der Waals surface area contributed by atoms with Gasteiger partial charge in [0.05, 0.1) is 0 Å². The number of hydrogen-bond acceptors (Lipinski definition) is 1. The first-order valence-corrected chi connectivity index (χ1v) is 16.3. The molecule has 0 aromatic heterocycles. The van der Waals surface area contributed by atoms with Crippen molar-refractivity contribution in [2.24, 2.45) is 0 Å². The van der Waals surface area contributed by atoms with Gasteiger partial charge in [0.2, 0.25) is 0 Å². The van der Waals surface area contributed by atoms with Crippen LogP contribution in [-0.2, 0) is 0 Å². The third-order valence-corrected chi connectivity index (χ3v) is 10.4. The third-order valence-electron chi connectivity index (χ3n) is 10.4. The monoisotopic (exact) mass is 593 g/mol. The maximum atomic E-state index is 2.39. The second-order valence-electron chi connectivity index (χ2n) is 13.0. The van der Waals surface area contributed by atoms with Gasteiger partial charge in [-0.2, -0.15) is 0 Å². The van der Waals surface area contributed by atoms with Crippen molar-refractivity contribution in [3.05, 3.63) is 164 Å². The Morgan fingerprint density at radius 1 is 0.213 bits per heavy atom. The second-order valence-corrected chi connectivity index (χ2v) is 13.0. The van der Waals surface area contributed by atoms with Crippen molar-refractivity contribution in [2.45, 2.75) is 0 Å². The van der Waals surface area contributed by atoms with E-state index in [1.165, 1.54) is 87.6 Å². The molecule has 1 heteroatoms. The van der Waals surface area contributed by atoms with Crippen molar-refractivity contribution in [1.29, 1.82) is 0 Å². The Hall–Kier alpha value is -6.18. The molecule has 0 atom stereocenters. The first-order chi connectivity index (χ1) is 23.2. The molecule has 0 saturated heterocycles. The molecule has 11 rings (SSSR count). The lowest BCUT2D eigenvalue weighted by atomic mass is 9.78. The maximum Gasteiger partial charge on any atom is 0.0468 e.